The summed E-state index contributed by atoms with van der Waals surface area (Å²) in [6.07, 6.45) is 2.34. The molecule has 20 heavy (non-hydrogen) atoms. The number of ether oxygens (including phenoxy) is 1. The molecule has 0 N–H and O–H groups in total. The number of benzene rings is 1. The van der Waals surface area contributed by atoms with Crippen LogP contribution in [0.2, 0.25) is 0 Å². The number of hydrogen-bond donors (Lipinski definition) is 0. The van der Waals surface area contributed by atoms with Gasteiger partial charge in [0, 0.05) is 0 Å². The molecular weight excluding hydrogens is 276 g/mol. The molecule has 5 heteroatoms. The van der Waals surface area contributed by atoms with Gasteiger partial charge in [-0.15, -0.1) is 0 Å². The van der Waals surface area contributed by atoms with E-state index >= 15 is 0 Å². The Kier molecular flexibility index (Phi) is 4.48. The summed E-state index contributed by atoms with van der Waals surface area (Å²) in [6, 6.07) is 9.57. The van der Waals surface area contributed by atoms with Crippen LogP contribution in [0.4, 0.5) is 0 Å². The van der Waals surface area contributed by atoms with Crippen molar-refractivity contribution in [3.05, 3.63) is 35.9 Å². The Morgan fingerprint density at radius 3 is 2.45 bits per heavy atom. The highest BCUT2D eigenvalue weighted by Gasteiger charge is 2.47. The minimum Gasteiger partial charge on any atom is -0.469 e. The topological polar surface area (TPSA) is 60.4 Å². The van der Waals surface area contributed by atoms with Crippen molar-refractivity contribution in [3.8, 4) is 0 Å². The number of hydrogen-bond acceptors (Lipinski definition) is 4. The van der Waals surface area contributed by atoms with Crippen LogP contribution in [0.3, 0.4) is 0 Å². The Balaban J connectivity index is 1.90. The van der Waals surface area contributed by atoms with Gasteiger partial charge in [0.25, 0.3) is 0 Å². The van der Waals surface area contributed by atoms with Gasteiger partial charge in [-0.25, -0.2) is 8.42 Å². The summed E-state index contributed by atoms with van der Waals surface area (Å²) in [4.78, 5) is 11.3. The molecule has 0 spiro atoms. The molecule has 0 bridgehead atoms. The van der Waals surface area contributed by atoms with Gasteiger partial charge in [0.2, 0.25) is 0 Å². The number of methoxy groups -OCH3 is 1. The zero-order chi connectivity index (χ0) is 14.6. The van der Waals surface area contributed by atoms with Crippen molar-refractivity contribution in [2.45, 2.75) is 25.7 Å². The van der Waals surface area contributed by atoms with Crippen LogP contribution in [0.5, 0.6) is 0 Å². The lowest BCUT2D eigenvalue weighted by molar-refractivity contribution is -0.141. The molecule has 0 unspecified atom stereocenters. The third-order valence-corrected chi connectivity index (χ3v) is 5.65. The first-order chi connectivity index (χ1) is 9.45. The summed E-state index contributed by atoms with van der Waals surface area (Å²) in [7, 11) is -1.80. The summed E-state index contributed by atoms with van der Waals surface area (Å²) in [5.41, 5.74) is 0.664. The standard InChI is InChI=1S/C15H20O4S/c1-19-14(16)11-15(8-9-15)12-20(17,18)10-7-13-5-3-2-4-6-13/h2-6H,7-12H2,1H3. The number of carbonyl (C=O) groups excluding carboxylic acids is 1. The van der Waals surface area contributed by atoms with E-state index in [0.717, 1.165) is 18.4 Å². The van der Waals surface area contributed by atoms with E-state index < -0.39 is 9.84 Å². The molecule has 0 aromatic heterocycles. The van der Waals surface area contributed by atoms with Crippen LogP contribution in [0.15, 0.2) is 30.3 Å². The lowest BCUT2D eigenvalue weighted by Gasteiger charge is -2.14. The second-order valence-corrected chi connectivity index (χ2v) is 7.76. The quantitative estimate of drug-likeness (QED) is 0.722. The van der Waals surface area contributed by atoms with E-state index in [2.05, 4.69) is 4.74 Å². The maximum absolute atomic E-state index is 12.2. The van der Waals surface area contributed by atoms with Crippen molar-refractivity contribution in [2.24, 2.45) is 5.41 Å². The number of sulfone groups is 1. The van der Waals surface area contributed by atoms with E-state index in [1.165, 1.54) is 7.11 Å². The van der Waals surface area contributed by atoms with Crippen molar-refractivity contribution in [3.63, 3.8) is 0 Å². The molecule has 0 aliphatic heterocycles. The summed E-state index contributed by atoms with van der Waals surface area (Å²) < 4.78 is 29.0. The average Bonchev–Trinajstić information content (AvgIpc) is 3.16. The zero-order valence-electron chi connectivity index (χ0n) is 11.7. The fourth-order valence-electron chi connectivity index (χ4n) is 2.38. The summed E-state index contributed by atoms with van der Waals surface area (Å²) in [6.45, 7) is 0. The number of carbonyl (C=O) groups is 1. The van der Waals surface area contributed by atoms with Crippen molar-refractivity contribution in [2.75, 3.05) is 18.6 Å². The van der Waals surface area contributed by atoms with Crippen molar-refractivity contribution in [1.82, 2.24) is 0 Å². The largest absolute Gasteiger partial charge is 0.469 e. The number of rotatable bonds is 7. The van der Waals surface area contributed by atoms with Gasteiger partial charge in [0.1, 0.15) is 0 Å². The van der Waals surface area contributed by atoms with E-state index in [-0.39, 0.29) is 29.3 Å². The maximum Gasteiger partial charge on any atom is 0.306 e. The molecule has 0 atom stereocenters. The molecule has 4 nitrogen and oxygen atoms in total. The normalized spacial score (nSPS) is 16.6. The SMILES string of the molecule is COC(=O)CC1(CS(=O)(=O)CCc2ccccc2)CC1. The molecule has 0 heterocycles. The molecule has 0 saturated heterocycles. The lowest BCUT2D eigenvalue weighted by Crippen LogP contribution is -2.23. The van der Waals surface area contributed by atoms with Crippen molar-refractivity contribution >= 4 is 15.8 Å². The first kappa shape index (κ1) is 15.0. The molecule has 1 aromatic rings. The van der Waals surface area contributed by atoms with E-state index in [1.807, 2.05) is 30.3 Å². The van der Waals surface area contributed by atoms with Gasteiger partial charge in [-0.3, -0.25) is 4.79 Å². The van der Waals surface area contributed by atoms with E-state index in [0.29, 0.717) is 6.42 Å². The van der Waals surface area contributed by atoms with Crippen LogP contribution >= 0.6 is 0 Å². The Morgan fingerprint density at radius 1 is 1.25 bits per heavy atom. The first-order valence-corrected chi connectivity index (χ1v) is 8.58. The van der Waals surface area contributed by atoms with Crippen LogP contribution in [0.25, 0.3) is 0 Å². The summed E-state index contributed by atoms with van der Waals surface area (Å²) in [5.74, 6) is -0.0808. The molecule has 1 fully saturated rings. The number of esters is 1. The van der Waals surface area contributed by atoms with Gasteiger partial charge in [0.15, 0.2) is 9.84 Å². The zero-order valence-corrected chi connectivity index (χ0v) is 12.5. The maximum atomic E-state index is 12.2. The van der Waals surface area contributed by atoms with E-state index in [1.54, 1.807) is 0 Å². The van der Waals surface area contributed by atoms with E-state index in [9.17, 15) is 13.2 Å². The number of aryl methyl sites for hydroxylation is 1. The second kappa shape index (κ2) is 5.95. The molecule has 2 rings (SSSR count). The molecule has 1 saturated carbocycles. The smallest absolute Gasteiger partial charge is 0.306 e. The molecule has 1 aliphatic rings. The average molecular weight is 296 g/mol. The van der Waals surface area contributed by atoms with Crippen LogP contribution in [-0.4, -0.2) is 33.0 Å². The van der Waals surface area contributed by atoms with Gasteiger partial charge in [-0.1, -0.05) is 30.3 Å². The second-order valence-electron chi connectivity index (χ2n) is 5.58. The van der Waals surface area contributed by atoms with Crippen LogP contribution in [0.1, 0.15) is 24.8 Å². The molecule has 0 amide bonds. The lowest BCUT2D eigenvalue weighted by atomic mass is 10.1. The van der Waals surface area contributed by atoms with E-state index in [4.69, 9.17) is 0 Å². The Morgan fingerprint density at radius 2 is 1.90 bits per heavy atom. The van der Waals surface area contributed by atoms with Crippen molar-refractivity contribution < 1.29 is 17.9 Å². The highest BCUT2D eigenvalue weighted by molar-refractivity contribution is 7.91. The fraction of sp³-hybridized carbons (Fsp3) is 0.533. The monoisotopic (exact) mass is 296 g/mol. The Bertz CT molecular complexity index is 559. The molecular formula is C15H20O4S. The van der Waals surface area contributed by atoms with Crippen LogP contribution < -0.4 is 0 Å². The predicted octanol–water partition coefficient (Wildman–Crippen LogP) is 1.99. The molecule has 1 aromatic carbocycles. The van der Waals surface area contributed by atoms with Gasteiger partial charge < -0.3 is 4.74 Å². The highest BCUT2D eigenvalue weighted by atomic mass is 32.2. The van der Waals surface area contributed by atoms with Crippen LogP contribution in [0, 0.1) is 5.41 Å². The minimum atomic E-state index is -3.14. The van der Waals surface area contributed by atoms with Gasteiger partial charge in [0.05, 0.1) is 25.0 Å². The van der Waals surface area contributed by atoms with Gasteiger partial charge in [-0.2, -0.15) is 0 Å². The molecule has 1 aliphatic carbocycles. The van der Waals surface area contributed by atoms with Crippen LogP contribution in [-0.2, 0) is 25.8 Å². The molecule has 110 valence electrons. The Labute approximate surface area is 120 Å². The third-order valence-electron chi connectivity index (χ3n) is 3.77. The Hall–Kier alpha value is -1.36. The predicted molar refractivity (Wildman–Crippen MR) is 77.1 cm³/mol. The first-order valence-electron chi connectivity index (χ1n) is 6.76. The summed E-state index contributed by atoms with van der Waals surface area (Å²) in [5, 5.41) is 0. The highest BCUT2D eigenvalue weighted by Crippen LogP contribution is 2.50. The van der Waals surface area contributed by atoms with Gasteiger partial charge in [-0.05, 0) is 30.2 Å². The minimum absolute atomic E-state index is 0.0991. The third kappa shape index (κ3) is 4.34. The van der Waals surface area contributed by atoms with Gasteiger partial charge >= 0.3 is 5.97 Å². The fourth-order valence-corrected chi connectivity index (χ4v) is 4.40. The summed E-state index contributed by atoms with van der Waals surface area (Å²) >= 11 is 0. The molecule has 0 radical (unpaired) electrons. The van der Waals surface area contributed by atoms with Crippen molar-refractivity contribution in [1.29, 1.82) is 0 Å².